The summed E-state index contributed by atoms with van der Waals surface area (Å²) >= 11 is 0. The summed E-state index contributed by atoms with van der Waals surface area (Å²) in [5.74, 6) is 0.0100. The molecule has 2 aromatic heterocycles. The molecule has 1 aromatic carbocycles. The van der Waals surface area contributed by atoms with Crippen LogP contribution >= 0.6 is 0 Å². The number of amides is 1. The highest BCUT2D eigenvalue weighted by atomic mass is 16.5. The first-order valence-electron chi connectivity index (χ1n) is 8.06. The molecule has 0 aliphatic heterocycles. The van der Waals surface area contributed by atoms with Gasteiger partial charge in [0, 0.05) is 11.3 Å². The van der Waals surface area contributed by atoms with E-state index in [0.717, 1.165) is 0 Å². The molecule has 0 saturated heterocycles. The molecule has 3 rings (SSSR count). The quantitative estimate of drug-likeness (QED) is 0.620. The Kier molecular flexibility index (Phi) is 4.41. The monoisotopic (exact) mass is 357 g/mol. The molecule has 0 fully saturated rings. The van der Waals surface area contributed by atoms with Gasteiger partial charge >= 0.3 is 11.7 Å². The molecule has 2 heterocycles. The fraction of sp³-hybridized carbons (Fsp3) is 0.278. The van der Waals surface area contributed by atoms with Crippen molar-refractivity contribution in [1.29, 1.82) is 0 Å². The highest BCUT2D eigenvalue weighted by Crippen LogP contribution is 2.22. The fourth-order valence-electron chi connectivity index (χ4n) is 2.72. The molecule has 0 radical (unpaired) electrons. The van der Waals surface area contributed by atoms with Crippen molar-refractivity contribution in [2.75, 3.05) is 5.32 Å². The molecule has 1 amide bonds. The van der Waals surface area contributed by atoms with Crippen LogP contribution in [0.5, 0.6) is 0 Å². The van der Waals surface area contributed by atoms with Crippen molar-refractivity contribution in [2.45, 2.75) is 33.8 Å². The van der Waals surface area contributed by atoms with E-state index >= 15 is 0 Å². The van der Waals surface area contributed by atoms with Crippen molar-refractivity contribution in [3.8, 4) is 0 Å². The molecule has 3 aromatic rings. The van der Waals surface area contributed by atoms with Crippen LogP contribution in [0.1, 0.15) is 34.4 Å². The number of fused-ring (bicyclic) bond motifs is 1. The summed E-state index contributed by atoms with van der Waals surface area (Å²) in [6.07, 6.45) is -1.00. The van der Waals surface area contributed by atoms with E-state index in [1.807, 2.05) is 0 Å². The molecule has 8 nitrogen and oxygen atoms in total. The molecule has 1 atom stereocenters. The minimum absolute atomic E-state index is 0.327. The van der Waals surface area contributed by atoms with Crippen LogP contribution < -0.4 is 11.0 Å². The predicted molar refractivity (Wildman–Crippen MR) is 95.3 cm³/mol. The van der Waals surface area contributed by atoms with Gasteiger partial charge in [-0.2, -0.15) is 0 Å². The van der Waals surface area contributed by atoms with E-state index < -0.39 is 18.0 Å². The normalized spacial score (nSPS) is 12.2. The van der Waals surface area contributed by atoms with Crippen molar-refractivity contribution in [3.05, 3.63) is 51.3 Å². The summed E-state index contributed by atoms with van der Waals surface area (Å²) in [6, 6.07) is 4.93. The van der Waals surface area contributed by atoms with Crippen LogP contribution in [0.2, 0.25) is 0 Å². The Morgan fingerprint density at radius 3 is 2.46 bits per heavy atom. The van der Waals surface area contributed by atoms with Crippen LogP contribution in [0.25, 0.3) is 11.0 Å². The fourth-order valence-corrected chi connectivity index (χ4v) is 2.72. The SMILES string of the molecule is Cc1oc(C)c(C(=O)O[C@H](C)C(=O)Nc2ccc3[nH]c(=O)[nH]c3c2)c1C. The second-order valence-corrected chi connectivity index (χ2v) is 6.09. The van der Waals surface area contributed by atoms with Gasteiger partial charge in [0.15, 0.2) is 6.10 Å². The molecule has 0 saturated carbocycles. The zero-order valence-corrected chi connectivity index (χ0v) is 14.9. The van der Waals surface area contributed by atoms with Crippen molar-refractivity contribution < 1.29 is 18.7 Å². The zero-order chi connectivity index (χ0) is 19.0. The first kappa shape index (κ1) is 17.5. The van der Waals surface area contributed by atoms with Gasteiger partial charge in [0.2, 0.25) is 0 Å². The number of rotatable bonds is 4. The Balaban J connectivity index is 1.70. The molecular formula is C18H19N3O5. The van der Waals surface area contributed by atoms with E-state index in [2.05, 4.69) is 15.3 Å². The van der Waals surface area contributed by atoms with E-state index in [-0.39, 0.29) is 5.69 Å². The lowest BCUT2D eigenvalue weighted by molar-refractivity contribution is -0.123. The van der Waals surface area contributed by atoms with E-state index in [4.69, 9.17) is 9.15 Å². The smallest absolute Gasteiger partial charge is 0.342 e. The van der Waals surface area contributed by atoms with Crippen LogP contribution in [-0.2, 0) is 9.53 Å². The summed E-state index contributed by atoms with van der Waals surface area (Å²) in [6.45, 7) is 6.69. The molecule has 0 unspecified atom stereocenters. The predicted octanol–water partition coefficient (Wildman–Crippen LogP) is 2.56. The minimum atomic E-state index is -1.00. The summed E-state index contributed by atoms with van der Waals surface area (Å²) in [4.78, 5) is 41.2. The van der Waals surface area contributed by atoms with Crippen LogP contribution in [0.15, 0.2) is 27.4 Å². The number of imidazole rings is 1. The molecule has 0 aliphatic carbocycles. The summed E-state index contributed by atoms with van der Waals surface area (Å²) in [5, 5.41) is 2.66. The number of hydrogen-bond donors (Lipinski definition) is 3. The van der Waals surface area contributed by atoms with Gasteiger partial charge in [-0.1, -0.05) is 0 Å². The van der Waals surface area contributed by atoms with E-state index in [0.29, 0.717) is 39.4 Å². The number of furan rings is 1. The highest BCUT2D eigenvalue weighted by molar-refractivity contribution is 5.99. The molecule has 0 bridgehead atoms. The Bertz CT molecular complexity index is 1060. The van der Waals surface area contributed by atoms with E-state index in [1.165, 1.54) is 6.92 Å². The van der Waals surface area contributed by atoms with Crippen molar-refractivity contribution >= 4 is 28.6 Å². The van der Waals surface area contributed by atoms with Crippen molar-refractivity contribution in [3.63, 3.8) is 0 Å². The third-order valence-electron chi connectivity index (χ3n) is 4.20. The van der Waals surface area contributed by atoms with E-state index in [1.54, 1.807) is 39.0 Å². The molecule has 26 heavy (non-hydrogen) atoms. The number of H-pyrrole nitrogens is 2. The number of esters is 1. The van der Waals surface area contributed by atoms with E-state index in [9.17, 15) is 14.4 Å². The number of ether oxygens (including phenoxy) is 1. The molecular weight excluding hydrogens is 338 g/mol. The first-order chi connectivity index (χ1) is 12.3. The van der Waals surface area contributed by atoms with Gasteiger partial charge in [0.25, 0.3) is 5.91 Å². The molecule has 3 N–H and O–H groups in total. The number of aromatic nitrogens is 2. The number of anilines is 1. The third-order valence-corrected chi connectivity index (χ3v) is 4.20. The lowest BCUT2D eigenvalue weighted by Crippen LogP contribution is -2.30. The highest BCUT2D eigenvalue weighted by Gasteiger charge is 2.24. The van der Waals surface area contributed by atoms with Gasteiger partial charge in [-0.05, 0) is 45.9 Å². The van der Waals surface area contributed by atoms with Crippen molar-refractivity contribution in [2.24, 2.45) is 0 Å². The average molecular weight is 357 g/mol. The van der Waals surface area contributed by atoms with Gasteiger partial charge in [0.1, 0.15) is 17.1 Å². The zero-order valence-electron chi connectivity index (χ0n) is 14.9. The number of carbonyl (C=O) groups is 2. The van der Waals surface area contributed by atoms with Gasteiger partial charge in [-0.25, -0.2) is 9.59 Å². The van der Waals surface area contributed by atoms with Crippen LogP contribution in [0.4, 0.5) is 5.69 Å². The molecule has 8 heteroatoms. The number of nitrogens with one attached hydrogen (secondary N) is 3. The van der Waals surface area contributed by atoms with Crippen LogP contribution in [0.3, 0.4) is 0 Å². The maximum Gasteiger partial charge on any atom is 0.342 e. The minimum Gasteiger partial charge on any atom is -0.465 e. The molecule has 0 spiro atoms. The number of aryl methyl sites for hydroxylation is 2. The largest absolute Gasteiger partial charge is 0.465 e. The summed E-state index contributed by atoms with van der Waals surface area (Å²) in [5.41, 5.74) is 2.39. The Hall–Kier alpha value is -3.29. The summed E-state index contributed by atoms with van der Waals surface area (Å²) < 4.78 is 10.7. The van der Waals surface area contributed by atoms with Gasteiger partial charge in [-0.15, -0.1) is 0 Å². The number of carbonyl (C=O) groups excluding carboxylic acids is 2. The Morgan fingerprint density at radius 1 is 1.12 bits per heavy atom. The first-order valence-corrected chi connectivity index (χ1v) is 8.06. The molecule has 0 aliphatic rings. The van der Waals surface area contributed by atoms with Gasteiger partial charge in [-0.3, -0.25) is 4.79 Å². The number of hydrogen-bond acceptors (Lipinski definition) is 5. The second kappa shape index (κ2) is 6.55. The van der Waals surface area contributed by atoms with Gasteiger partial charge < -0.3 is 24.4 Å². The van der Waals surface area contributed by atoms with Crippen LogP contribution in [-0.4, -0.2) is 27.9 Å². The van der Waals surface area contributed by atoms with Gasteiger partial charge in [0.05, 0.1) is 11.0 Å². The lowest BCUT2D eigenvalue weighted by Gasteiger charge is -2.13. The van der Waals surface area contributed by atoms with Crippen molar-refractivity contribution in [1.82, 2.24) is 9.97 Å². The standard InChI is InChI=1S/C18H19N3O5/c1-8-9(2)25-10(3)15(8)17(23)26-11(4)16(22)19-12-5-6-13-14(7-12)21-18(24)20-13/h5-7,11H,1-4H3,(H,19,22)(H2,20,21,24)/t11-/m1/s1. The maximum absolute atomic E-state index is 12.3. The third kappa shape index (κ3) is 3.26. The topological polar surface area (TPSA) is 117 Å². The number of aromatic amines is 2. The average Bonchev–Trinajstić information content (AvgIpc) is 3.05. The molecule has 136 valence electrons. The lowest BCUT2D eigenvalue weighted by atomic mass is 10.1. The van der Waals surface area contributed by atoms with Crippen LogP contribution in [0, 0.1) is 20.8 Å². The Labute approximate surface area is 148 Å². The maximum atomic E-state index is 12.3. The summed E-state index contributed by atoms with van der Waals surface area (Å²) in [7, 11) is 0. The Morgan fingerprint density at radius 2 is 1.81 bits per heavy atom. The number of benzene rings is 1. The second-order valence-electron chi connectivity index (χ2n) is 6.09.